The van der Waals surface area contributed by atoms with E-state index in [0.717, 1.165) is 16.7 Å². The van der Waals surface area contributed by atoms with E-state index in [-0.39, 0.29) is 5.69 Å². The van der Waals surface area contributed by atoms with Crippen LogP contribution in [0.2, 0.25) is 0 Å². The van der Waals surface area contributed by atoms with Crippen molar-refractivity contribution >= 4 is 11.5 Å². The number of nitro groups is 1. The third kappa shape index (κ3) is 3.12. The lowest BCUT2D eigenvalue weighted by atomic mass is 10.0. The number of benzene rings is 1. The zero-order valence-electron chi connectivity index (χ0n) is 11.8. The lowest BCUT2D eigenvalue weighted by molar-refractivity contribution is -0.384. The van der Waals surface area contributed by atoms with E-state index in [2.05, 4.69) is 16.4 Å². The van der Waals surface area contributed by atoms with Gasteiger partial charge in [0.15, 0.2) is 0 Å². The molecule has 0 radical (unpaired) electrons. The molecule has 2 rings (SSSR count). The Labute approximate surface area is 117 Å². The predicted molar refractivity (Wildman–Crippen MR) is 80.0 cm³/mol. The van der Waals surface area contributed by atoms with Crippen molar-refractivity contribution < 1.29 is 4.92 Å². The van der Waals surface area contributed by atoms with E-state index in [0.29, 0.717) is 18.1 Å². The number of aryl methyl sites for hydroxylation is 2. The summed E-state index contributed by atoms with van der Waals surface area (Å²) < 4.78 is 0. The first-order valence-electron chi connectivity index (χ1n) is 6.48. The van der Waals surface area contributed by atoms with Crippen molar-refractivity contribution in [1.29, 1.82) is 0 Å². The number of nitrogens with one attached hydrogen (secondary N) is 1. The smallest absolute Gasteiger partial charge is 0.275 e. The van der Waals surface area contributed by atoms with Crippen LogP contribution >= 0.6 is 0 Å². The number of rotatable bonds is 4. The lowest BCUT2D eigenvalue weighted by Crippen LogP contribution is -2.01. The summed E-state index contributed by atoms with van der Waals surface area (Å²) in [6.07, 6.45) is 0. The van der Waals surface area contributed by atoms with E-state index < -0.39 is 4.92 Å². The second-order valence-corrected chi connectivity index (χ2v) is 4.76. The zero-order valence-corrected chi connectivity index (χ0v) is 11.8. The quantitative estimate of drug-likeness (QED) is 0.680. The van der Waals surface area contributed by atoms with Gasteiger partial charge in [0.25, 0.3) is 5.69 Å². The van der Waals surface area contributed by atoms with E-state index in [1.54, 1.807) is 0 Å². The van der Waals surface area contributed by atoms with Gasteiger partial charge < -0.3 is 5.32 Å². The van der Waals surface area contributed by atoms with E-state index in [1.807, 2.05) is 32.9 Å². The third-order valence-electron chi connectivity index (χ3n) is 2.90. The molecule has 20 heavy (non-hydrogen) atoms. The molecule has 0 aliphatic heterocycles. The number of hydrogen-bond acceptors (Lipinski definition) is 4. The fourth-order valence-electron chi connectivity index (χ4n) is 2.16. The van der Waals surface area contributed by atoms with E-state index in [4.69, 9.17) is 0 Å². The highest BCUT2D eigenvalue weighted by Crippen LogP contribution is 2.26. The van der Waals surface area contributed by atoms with Crippen molar-refractivity contribution in [1.82, 2.24) is 4.98 Å². The number of nitrogens with zero attached hydrogens (tertiary/aromatic N) is 2. The van der Waals surface area contributed by atoms with Crippen LogP contribution in [0.1, 0.15) is 18.1 Å². The molecule has 0 saturated heterocycles. The largest absolute Gasteiger partial charge is 0.370 e. The Morgan fingerprint density at radius 1 is 1.15 bits per heavy atom. The molecule has 0 unspecified atom stereocenters. The molecule has 0 aliphatic carbocycles. The monoisotopic (exact) mass is 271 g/mol. The maximum Gasteiger partial charge on any atom is 0.275 e. The van der Waals surface area contributed by atoms with Gasteiger partial charge in [0.2, 0.25) is 0 Å². The molecule has 104 valence electrons. The first kappa shape index (κ1) is 14.0. The van der Waals surface area contributed by atoms with Gasteiger partial charge in [0.05, 0.1) is 16.7 Å². The maximum atomic E-state index is 11.0. The van der Waals surface area contributed by atoms with Crippen LogP contribution < -0.4 is 5.32 Å². The molecule has 5 nitrogen and oxygen atoms in total. The molecule has 1 N–H and O–H groups in total. The standard InChI is InChI=1S/C15H17N3O2/c1-4-16-15-9-13(18(19)20)8-14(17-15)12-6-10(2)5-11(3)7-12/h5-9H,4H2,1-3H3,(H,16,17). The predicted octanol–water partition coefficient (Wildman–Crippen LogP) is 3.71. The highest BCUT2D eigenvalue weighted by molar-refractivity contribution is 5.66. The van der Waals surface area contributed by atoms with Crippen LogP contribution in [-0.4, -0.2) is 16.5 Å². The van der Waals surface area contributed by atoms with E-state index >= 15 is 0 Å². The van der Waals surface area contributed by atoms with Crippen molar-refractivity contribution in [3.8, 4) is 11.3 Å². The molecular weight excluding hydrogens is 254 g/mol. The molecular formula is C15H17N3O2. The summed E-state index contributed by atoms with van der Waals surface area (Å²) >= 11 is 0. The van der Waals surface area contributed by atoms with Gasteiger partial charge in [-0.2, -0.15) is 0 Å². The molecule has 0 aliphatic rings. The molecule has 0 fully saturated rings. The normalized spacial score (nSPS) is 10.3. The highest BCUT2D eigenvalue weighted by atomic mass is 16.6. The number of aromatic nitrogens is 1. The van der Waals surface area contributed by atoms with Crippen molar-refractivity contribution in [2.75, 3.05) is 11.9 Å². The van der Waals surface area contributed by atoms with Gasteiger partial charge in [0, 0.05) is 18.2 Å². The van der Waals surface area contributed by atoms with E-state index in [9.17, 15) is 10.1 Å². The first-order chi connectivity index (χ1) is 9.49. The molecule has 1 aromatic heterocycles. The zero-order chi connectivity index (χ0) is 14.7. The van der Waals surface area contributed by atoms with Gasteiger partial charge in [-0.25, -0.2) is 4.98 Å². The molecule has 0 spiro atoms. The van der Waals surface area contributed by atoms with Crippen LogP contribution in [0, 0.1) is 24.0 Å². The highest BCUT2D eigenvalue weighted by Gasteiger charge is 2.12. The molecule has 5 heteroatoms. The SMILES string of the molecule is CCNc1cc([N+](=O)[O-])cc(-c2cc(C)cc(C)c2)n1. The van der Waals surface area contributed by atoms with Crippen LogP contribution in [0.25, 0.3) is 11.3 Å². The third-order valence-corrected chi connectivity index (χ3v) is 2.90. The minimum Gasteiger partial charge on any atom is -0.370 e. The Hall–Kier alpha value is -2.43. The summed E-state index contributed by atoms with van der Waals surface area (Å²) in [4.78, 5) is 15.1. The molecule has 0 atom stereocenters. The van der Waals surface area contributed by atoms with Crippen molar-refractivity contribution in [2.24, 2.45) is 0 Å². The van der Waals surface area contributed by atoms with Crippen molar-refractivity contribution in [3.05, 3.63) is 51.6 Å². The average molecular weight is 271 g/mol. The fourth-order valence-corrected chi connectivity index (χ4v) is 2.16. The molecule has 0 bridgehead atoms. The maximum absolute atomic E-state index is 11.0. The second-order valence-electron chi connectivity index (χ2n) is 4.76. The Morgan fingerprint density at radius 3 is 2.35 bits per heavy atom. The van der Waals surface area contributed by atoms with Crippen LogP contribution in [0.15, 0.2) is 30.3 Å². The van der Waals surface area contributed by atoms with Crippen LogP contribution in [0.3, 0.4) is 0 Å². The summed E-state index contributed by atoms with van der Waals surface area (Å²) in [6.45, 7) is 6.59. The van der Waals surface area contributed by atoms with Gasteiger partial charge in [0.1, 0.15) is 5.82 Å². The van der Waals surface area contributed by atoms with Gasteiger partial charge in [-0.3, -0.25) is 10.1 Å². The van der Waals surface area contributed by atoms with Crippen molar-refractivity contribution in [2.45, 2.75) is 20.8 Å². The molecule has 0 saturated carbocycles. The summed E-state index contributed by atoms with van der Waals surface area (Å²) in [5, 5.41) is 14.1. The number of pyridine rings is 1. The summed E-state index contributed by atoms with van der Waals surface area (Å²) in [7, 11) is 0. The van der Waals surface area contributed by atoms with Gasteiger partial charge in [-0.05, 0) is 32.9 Å². The minimum atomic E-state index is -0.394. The van der Waals surface area contributed by atoms with Gasteiger partial charge in [-0.1, -0.05) is 17.2 Å². The first-order valence-corrected chi connectivity index (χ1v) is 6.48. The second kappa shape index (κ2) is 5.69. The Morgan fingerprint density at radius 2 is 1.80 bits per heavy atom. The Bertz CT molecular complexity index is 633. The Balaban J connectivity index is 2.56. The molecule has 2 aromatic rings. The average Bonchev–Trinajstić information content (AvgIpc) is 2.37. The van der Waals surface area contributed by atoms with E-state index in [1.165, 1.54) is 12.1 Å². The van der Waals surface area contributed by atoms with Crippen LogP contribution in [0.4, 0.5) is 11.5 Å². The molecule has 0 amide bonds. The minimum absolute atomic E-state index is 0.0464. The summed E-state index contributed by atoms with van der Waals surface area (Å²) in [5.41, 5.74) is 3.77. The van der Waals surface area contributed by atoms with Crippen molar-refractivity contribution in [3.63, 3.8) is 0 Å². The Kier molecular flexibility index (Phi) is 3.98. The van der Waals surface area contributed by atoms with Gasteiger partial charge >= 0.3 is 0 Å². The number of hydrogen-bond donors (Lipinski definition) is 1. The molecule has 1 aromatic carbocycles. The molecule has 1 heterocycles. The topological polar surface area (TPSA) is 68.1 Å². The lowest BCUT2D eigenvalue weighted by Gasteiger charge is -2.08. The summed E-state index contributed by atoms with van der Waals surface area (Å²) in [6, 6.07) is 8.99. The van der Waals surface area contributed by atoms with Crippen LogP contribution in [0.5, 0.6) is 0 Å². The summed E-state index contributed by atoms with van der Waals surface area (Å²) in [5.74, 6) is 0.524. The van der Waals surface area contributed by atoms with Gasteiger partial charge in [-0.15, -0.1) is 0 Å². The number of anilines is 1. The van der Waals surface area contributed by atoms with Crippen LogP contribution in [-0.2, 0) is 0 Å². The fraction of sp³-hybridized carbons (Fsp3) is 0.267.